The summed E-state index contributed by atoms with van der Waals surface area (Å²) < 4.78 is 0. The van der Waals surface area contributed by atoms with Crippen LogP contribution in [-0.4, -0.2) is 36.1 Å². The molecule has 18 heavy (non-hydrogen) atoms. The first-order valence-electron chi connectivity index (χ1n) is 6.54. The summed E-state index contributed by atoms with van der Waals surface area (Å²) in [5, 5.41) is 9.73. The van der Waals surface area contributed by atoms with E-state index < -0.39 is 11.4 Å². The molecule has 0 aliphatic carbocycles. The van der Waals surface area contributed by atoms with Gasteiger partial charge in [-0.05, 0) is 51.9 Å². The summed E-state index contributed by atoms with van der Waals surface area (Å²) in [7, 11) is 2.06. The van der Waals surface area contributed by atoms with Crippen molar-refractivity contribution < 1.29 is 9.90 Å². The average molecular weight is 247 g/mol. The Kier molecular flexibility index (Phi) is 3.71. The largest absolute Gasteiger partial charge is 0.481 e. The van der Waals surface area contributed by atoms with Crippen LogP contribution in [-0.2, 0) is 10.2 Å². The number of carboxylic acid groups (broad SMARTS) is 1. The molecule has 2 rings (SSSR count). The molecule has 1 aliphatic heterocycles. The lowest BCUT2D eigenvalue weighted by Gasteiger charge is -2.29. The molecule has 1 aliphatic rings. The fraction of sp³-hybridized carbons (Fsp3) is 0.533. The van der Waals surface area contributed by atoms with Gasteiger partial charge in [0.2, 0.25) is 0 Å². The zero-order chi connectivity index (χ0) is 13.2. The predicted octanol–water partition coefficient (Wildman–Crippen LogP) is 2.43. The van der Waals surface area contributed by atoms with Gasteiger partial charge in [0.05, 0.1) is 5.41 Å². The van der Waals surface area contributed by atoms with E-state index in [9.17, 15) is 9.90 Å². The van der Waals surface area contributed by atoms with E-state index in [-0.39, 0.29) is 0 Å². The summed E-state index contributed by atoms with van der Waals surface area (Å²) in [6.45, 7) is 3.85. The van der Waals surface area contributed by atoms with Crippen LogP contribution in [0, 0.1) is 6.92 Å². The van der Waals surface area contributed by atoms with Crippen molar-refractivity contribution in [1.82, 2.24) is 4.90 Å². The van der Waals surface area contributed by atoms with Gasteiger partial charge in [-0.3, -0.25) is 4.79 Å². The molecular formula is C15H21NO2. The molecule has 1 fully saturated rings. The number of carboxylic acids is 1. The molecule has 3 nitrogen and oxygen atoms in total. The Labute approximate surface area is 108 Å². The molecule has 3 heteroatoms. The molecule has 0 aromatic heterocycles. The quantitative estimate of drug-likeness (QED) is 0.872. The summed E-state index contributed by atoms with van der Waals surface area (Å²) in [5.41, 5.74) is 1.40. The molecule has 1 aromatic carbocycles. The molecular weight excluding hydrogens is 226 g/mol. The zero-order valence-electron chi connectivity index (χ0n) is 11.1. The van der Waals surface area contributed by atoms with Gasteiger partial charge in [-0.1, -0.05) is 29.8 Å². The predicted molar refractivity (Wildman–Crippen MR) is 71.8 cm³/mol. The minimum absolute atomic E-state index is 0.677. The van der Waals surface area contributed by atoms with Gasteiger partial charge in [-0.25, -0.2) is 0 Å². The number of benzene rings is 1. The maximum Gasteiger partial charge on any atom is 0.314 e. The monoisotopic (exact) mass is 247 g/mol. The van der Waals surface area contributed by atoms with E-state index in [4.69, 9.17) is 0 Å². The van der Waals surface area contributed by atoms with E-state index in [1.807, 2.05) is 31.2 Å². The molecule has 1 atom stereocenters. The van der Waals surface area contributed by atoms with Gasteiger partial charge in [0, 0.05) is 0 Å². The van der Waals surface area contributed by atoms with Gasteiger partial charge in [-0.15, -0.1) is 0 Å². The SMILES string of the molecule is Cc1cccc(C2(C(=O)O)CCCN(C)CC2)c1. The number of hydrogen-bond donors (Lipinski definition) is 1. The maximum absolute atomic E-state index is 11.8. The first-order valence-corrected chi connectivity index (χ1v) is 6.54. The van der Waals surface area contributed by atoms with Gasteiger partial charge in [-0.2, -0.15) is 0 Å². The minimum Gasteiger partial charge on any atom is -0.481 e. The van der Waals surface area contributed by atoms with Crippen molar-refractivity contribution in [1.29, 1.82) is 0 Å². The first-order chi connectivity index (χ1) is 8.54. The Morgan fingerprint density at radius 1 is 1.33 bits per heavy atom. The molecule has 98 valence electrons. The van der Waals surface area contributed by atoms with Crippen LogP contribution in [0.2, 0.25) is 0 Å². The molecule has 0 spiro atoms. The second kappa shape index (κ2) is 5.11. The van der Waals surface area contributed by atoms with Crippen LogP contribution in [0.1, 0.15) is 30.4 Å². The Hall–Kier alpha value is -1.35. The number of carbonyl (C=O) groups is 1. The Bertz CT molecular complexity index is 444. The van der Waals surface area contributed by atoms with Crippen molar-refractivity contribution in [3.05, 3.63) is 35.4 Å². The van der Waals surface area contributed by atoms with Crippen LogP contribution in [0.3, 0.4) is 0 Å². The number of nitrogens with zero attached hydrogens (tertiary/aromatic N) is 1. The first kappa shape index (κ1) is 13.1. The van der Waals surface area contributed by atoms with E-state index >= 15 is 0 Å². The Morgan fingerprint density at radius 2 is 2.11 bits per heavy atom. The summed E-state index contributed by atoms with van der Waals surface area (Å²) >= 11 is 0. The van der Waals surface area contributed by atoms with Crippen LogP contribution in [0.4, 0.5) is 0 Å². The van der Waals surface area contributed by atoms with E-state index in [1.165, 1.54) is 0 Å². The van der Waals surface area contributed by atoms with Crippen LogP contribution < -0.4 is 0 Å². The molecule has 0 amide bonds. The minimum atomic E-state index is -0.698. The highest BCUT2D eigenvalue weighted by atomic mass is 16.4. The topological polar surface area (TPSA) is 40.5 Å². The second-order valence-electron chi connectivity index (χ2n) is 5.41. The number of aryl methyl sites for hydroxylation is 1. The molecule has 0 radical (unpaired) electrons. The molecule has 1 heterocycles. The lowest BCUT2D eigenvalue weighted by atomic mass is 9.74. The van der Waals surface area contributed by atoms with E-state index in [1.54, 1.807) is 0 Å². The van der Waals surface area contributed by atoms with Crippen molar-refractivity contribution in [2.24, 2.45) is 0 Å². The summed E-state index contributed by atoms with van der Waals surface area (Å²) in [6, 6.07) is 7.97. The smallest absolute Gasteiger partial charge is 0.314 e. The third-order valence-corrected chi connectivity index (χ3v) is 4.04. The van der Waals surface area contributed by atoms with E-state index in [2.05, 4.69) is 11.9 Å². The maximum atomic E-state index is 11.8. The van der Waals surface area contributed by atoms with Gasteiger partial charge in [0.1, 0.15) is 0 Å². The average Bonchev–Trinajstić information content (AvgIpc) is 2.52. The van der Waals surface area contributed by atoms with Crippen LogP contribution in [0.15, 0.2) is 24.3 Å². The van der Waals surface area contributed by atoms with E-state index in [0.717, 1.165) is 37.1 Å². The number of hydrogen-bond acceptors (Lipinski definition) is 2. The lowest BCUT2D eigenvalue weighted by molar-refractivity contribution is -0.144. The highest BCUT2D eigenvalue weighted by Crippen LogP contribution is 2.36. The summed E-state index contributed by atoms with van der Waals surface area (Å²) in [6.07, 6.45) is 2.37. The Morgan fingerprint density at radius 3 is 2.78 bits per heavy atom. The molecule has 1 N–H and O–H groups in total. The fourth-order valence-corrected chi connectivity index (χ4v) is 2.84. The van der Waals surface area contributed by atoms with Gasteiger partial charge >= 0.3 is 5.97 Å². The lowest BCUT2D eigenvalue weighted by Crippen LogP contribution is -2.36. The molecule has 0 saturated carbocycles. The highest BCUT2D eigenvalue weighted by molar-refractivity contribution is 5.81. The second-order valence-corrected chi connectivity index (χ2v) is 5.41. The molecule has 1 saturated heterocycles. The molecule has 1 aromatic rings. The fourth-order valence-electron chi connectivity index (χ4n) is 2.84. The van der Waals surface area contributed by atoms with Gasteiger partial charge in [0.25, 0.3) is 0 Å². The van der Waals surface area contributed by atoms with Crippen LogP contribution >= 0.6 is 0 Å². The van der Waals surface area contributed by atoms with Crippen LogP contribution in [0.5, 0.6) is 0 Å². The molecule has 1 unspecified atom stereocenters. The van der Waals surface area contributed by atoms with Gasteiger partial charge in [0.15, 0.2) is 0 Å². The third-order valence-electron chi connectivity index (χ3n) is 4.04. The summed E-state index contributed by atoms with van der Waals surface area (Å²) in [5.74, 6) is -0.677. The standard InChI is InChI=1S/C15H21NO2/c1-12-5-3-6-13(11-12)15(14(17)18)7-4-9-16(2)10-8-15/h3,5-6,11H,4,7-10H2,1-2H3,(H,17,18). The van der Waals surface area contributed by atoms with Crippen molar-refractivity contribution in [2.75, 3.05) is 20.1 Å². The van der Waals surface area contributed by atoms with Crippen molar-refractivity contribution in [3.8, 4) is 0 Å². The normalized spacial score (nSPS) is 25.7. The zero-order valence-corrected chi connectivity index (χ0v) is 11.1. The number of likely N-dealkylation sites (tertiary alicyclic amines) is 1. The number of rotatable bonds is 2. The highest BCUT2D eigenvalue weighted by Gasteiger charge is 2.41. The van der Waals surface area contributed by atoms with Crippen molar-refractivity contribution in [3.63, 3.8) is 0 Å². The van der Waals surface area contributed by atoms with Crippen molar-refractivity contribution >= 4 is 5.97 Å². The molecule has 0 bridgehead atoms. The summed E-state index contributed by atoms with van der Waals surface area (Å²) in [4.78, 5) is 14.1. The third kappa shape index (κ3) is 2.41. The van der Waals surface area contributed by atoms with Crippen LogP contribution in [0.25, 0.3) is 0 Å². The van der Waals surface area contributed by atoms with E-state index in [0.29, 0.717) is 6.42 Å². The van der Waals surface area contributed by atoms with Gasteiger partial charge < -0.3 is 10.0 Å². The Balaban J connectivity index is 2.40. The van der Waals surface area contributed by atoms with Crippen molar-refractivity contribution in [2.45, 2.75) is 31.6 Å². The number of aliphatic carboxylic acids is 1.